The highest BCUT2D eigenvalue weighted by Crippen LogP contribution is 2.00. The largest absolute Gasteiger partial charge is 0.385 e. The Balaban J connectivity index is 2.49. The van der Waals surface area contributed by atoms with Crippen LogP contribution in [0.25, 0.3) is 0 Å². The van der Waals surface area contributed by atoms with E-state index in [1.54, 1.807) is 0 Å². The molecular weight excluding hydrogens is 162 g/mol. The summed E-state index contributed by atoms with van der Waals surface area (Å²) in [5, 5.41) is 3.29. The number of hydrogen-bond acceptors (Lipinski definition) is 3. The molecule has 74 valence electrons. The maximum absolute atomic E-state index is 5.91. The van der Waals surface area contributed by atoms with Crippen LogP contribution in [0.1, 0.15) is 13.8 Å². The predicted molar refractivity (Wildman–Crippen MR) is 56.1 cm³/mol. The summed E-state index contributed by atoms with van der Waals surface area (Å²) in [6.07, 6.45) is 4.04. The Kier molecular flexibility index (Phi) is 3.83. The Hall–Kier alpha value is -0.960. The van der Waals surface area contributed by atoms with Crippen molar-refractivity contribution in [2.24, 2.45) is 5.73 Å². The fraction of sp³-hybridized carbons (Fsp3) is 0.600. The number of allylic oxidation sites excluding steroid dienone is 3. The van der Waals surface area contributed by atoms with Gasteiger partial charge in [-0.1, -0.05) is 11.6 Å². The van der Waals surface area contributed by atoms with Gasteiger partial charge in [0.15, 0.2) is 0 Å². The summed E-state index contributed by atoms with van der Waals surface area (Å²) >= 11 is 0. The lowest BCUT2D eigenvalue weighted by molar-refractivity contribution is 0.296. The molecule has 0 radical (unpaired) electrons. The summed E-state index contributed by atoms with van der Waals surface area (Å²) in [6, 6.07) is 0. The third-order valence-electron chi connectivity index (χ3n) is 2.07. The highest BCUT2D eigenvalue weighted by Gasteiger charge is 2.08. The first-order valence-corrected chi connectivity index (χ1v) is 4.76. The van der Waals surface area contributed by atoms with Gasteiger partial charge in [-0.05, 0) is 19.9 Å². The van der Waals surface area contributed by atoms with E-state index in [9.17, 15) is 0 Å². The van der Waals surface area contributed by atoms with E-state index in [0.29, 0.717) is 0 Å². The van der Waals surface area contributed by atoms with Gasteiger partial charge in [-0.2, -0.15) is 0 Å². The van der Waals surface area contributed by atoms with Crippen molar-refractivity contribution in [1.29, 1.82) is 0 Å². The second-order valence-corrected chi connectivity index (χ2v) is 3.57. The first-order chi connectivity index (χ1) is 6.20. The molecule has 0 aromatic carbocycles. The quantitative estimate of drug-likeness (QED) is 0.615. The summed E-state index contributed by atoms with van der Waals surface area (Å²) in [5.41, 5.74) is 7.19. The molecule has 1 saturated heterocycles. The molecule has 3 N–H and O–H groups in total. The zero-order valence-electron chi connectivity index (χ0n) is 8.51. The van der Waals surface area contributed by atoms with Gasteiger partial charge in [-0.15, -0.1) is 0 Å². The van der Waals surface area contributed by atoms with Gasteiger partial charge in [-0.3, -0.25) is 0 Å². The van der Waals surface area contributed by atoms with Crippen LogP contribution in [0, 0.1) is 0 Å². The molecule has 0 atom stereocenters. The molecule has 0 aromatic heterocycles. The van der Waals surface area contributed by atoms with Crippen molar-refractivity contribution < 1.29 is 0 Å². The van der Waals surface area contributed by atoms with Gasteiger partial charge in [0.05, 0.1) is 5.82 Å². The number of piperazine rings is 1. The molecule has 0 bridgehead atoms. The molecule has 1 rings (SSSR count). The minimum Gasteiger partial charge on any atom is -0.385 e. The lowest BCUT2D eigenvalue weighted by atomic mass is 10.3. The number of nitrogens with one attached hydrogen (secondary N) is 1. The molecule has 0 spiro atoms. The van der Waals surface area contributed by atoms with Gasteiger partial charge in [0.1, 0.15) is 0 Å². The first kappa shape index (κ1) is 10.1. The van der Waals surface area contributed by atoms with E-state index in [0.717, 1.165) is 32.0 Å². The molecule has 3 nitrogen and oxygen atoms in total. The average Bonchev–Trinajstić information content (AvgIpc) is 2.15. The van der Waals surface area contributed by atoms with E-state index in [1.807, 2.05) is 6.08 Å². The SMILES string of the molecule is CC(C)=C/C=C(\N)N1CCNCC1. The van der Waals surface area contributed by atoms with E-state index >= 15 is 0 Å². The van der Waals surface area contributed by atoms with Crippen LogP contribution in [0.4, 0.5) is 0 Å². The maximum atomic E-state index is 5.91. The third-order valence-corrected chi connectivity index (χ3v) is 2.07. The minimum atomic E-state index is 0.878. The van der Waals surface area contributed by atoms with E-state index < -0.39 is 0 Å². The zero-order chi connectivity index (χ0) is 9.68. The van der Waals surface area contributed by atoms with Gasteiger partial charge in [0.25, 0.3) is 0 Å². The van der Waals surface area contributed by atoms with Crippen molar-refractivity contribution in [3.8, 4) is 0 Å². The van der Waals surface area contributed by atoms with E-state index in [2.05, 4.69) is 30.1 Å². The van der Waals surface area contributed by atoms with Crippen LogP contribution < -0.4 is 11.1 Å². The summed E-state index contributed by atoms with van der Waals surface area (Å²) in [6.45, 7) is 8.23. The lowest BCUT2D eigenvalue weighted by Crippen LogP contribution is -2.44. The van der Waals surface area contributed by atoms with Crippen LogP contribution in [0.15, 0.2) is 23.5 Å². The summed E-state index contributed by atoms with van der Waals surface area (Å²) in [4.78, 5) is 2.20. The molecule has 3 heteroatoms. The standard InChI is InChI=1S/C10H19N3/c1-9(2)3-4-10(11)13-7-5-12-6-8-13/h3-4,12H,5-8,11H2,1-2H3/b10-4+. The molecule has 1 aliphatic heterocycles. The van der Waals surface area contributed by atoms with Crippen molar-refractivity contribution in [3.63, 3.8) is 0 Å². The van der Waals surface area contributed by atoms with E-state index in [1.165, 1.54) is 5.57 Å². The van der Waals surface area contributed by atoms with Crippen molar-refractivity contribution in [2.45, 2.75) is 13.8 Å². The zero-order valence-corrected chi connectivity index (χ0v) is 8.51. The number of nitrogens with two attached hydrogens (primary N) is 1. The lowest BCUT2D eigenvalue weighted by Gasteiger charge is -2.29. The third kappa shape index (κ3) is 3.51. The van der Waals surface area contributed by atoms with E-state index in [4.69, 9.17) is 5.73 Å². The molecule has 0 aliphatic carbocycles. The van der Waals surface area contributed by atoms with Gasteiger partial charge in [-0.25, -0.2) is 0 Å². The van der Waals surface area contributed by atoms with E-state index in [-0.39, 0.29) is 0 Å². The van der Waals surface area contributed by atoms with Crippen LogP contribution in [-0.2, 0) is 0 Å². The minimum absolute atomic E-state index is 0.878. The van der Waals surface area contributed by atoms with Crippen LogP contribution in [0.3, 0.4) is 0 Å². The molecule has 1 heterocycles. The molecule has 1 fully saturated rings. The highest BCUT2D eigenvalue weighted by atomic mass is 15.2. The Morgan fingerprint density at radius 3 is 2.38 bits per heavy atom. The fourth-order valence-electron chi connectivity index (χ4n) is 1.28. The smallest absolute Gasteiger partial charge is 0.0987 e. The Morgan fingerprint density at radius 2 is 1.85 bits per heavy atom. The monoisotopic (exact) mass is 181 g/mol. The van der Waals surface area contributed by atoms with Crippen LogP contribution in [0.5, 0.6) is 0 Å². The Morgan fingerprint density at radius 1 is 1.23 bits per heavy atom. The predicted octanol–water partition coefficient (Wildman–Crippen LogP) is 0.658. The van der Waals surface area contributed by atoms with Crippen LogP contribution >= 0.6 is 0 Å². The molecule has 0 saturated carbocycles. The topological polar surface area (TPSA) is 41.3 Å². The average molecular weight is 181 g/mol. The molecule has 0 amide bonds. The fourth-order valence-corrected chi connectivity index (χ4v) is 1.28. The first-order valence-electron chi connectivity index (χ1n) is 4.76. The van der Waals surface area contributed by atoms with Crippen LogP contribution in [-0.4, -0.2) is 31.1 Å². The number of rotatable bonds is 2. The summed E-state index contributed by atoms with van der Waals surface area (Å²) < 4.78 is 0. The maximum Gasteiger partial charge on any atom is 0.0987 e. The van der Waals surface area contributed by atoms with Gasteiger partial charge >= 0.3 is 0 Å². The van der Waals surface area contributed by atoms with Crippen LogP contribution in [0.2, 0.25) is 0 Å². The van der Waals surface area contributed by atoms with Crippen molar-refractivity contribution >= 4 is 0 Å². The van der Waals surface area contributed by atoms with Crippen molar-refractivity contribution in [1.82, 2.24) is 10.2 Å². The number of nitrogens with zero attached hydrogens (tertiary/aromatic N) is 1. The summed E-state index contributed by atoms with van der Waals surface area (Å²) in [7, 11) is 0. The van der Waals surface area contributed by atoms with Gasteiger partial charge in [0.2, 0.25) is 0 Å². The molecule has 0 unspecified atom stereocenters. The summed E-state index contributed by atoms with van der Waals surface area (Å²) in [5.74, 6) is 0.878. The van der Waals surface area contributed by atoms with Crippen molar-refractivity contribution in [3.05, 3.63) is 23.5 Å². The molecular formula is C10H19N3. The molecule has 0 aromatic rings. The number of hydrogen-bond donors (Lipinski definition) is 2. The Labute approximate surface area is 80.3 Å². The second kappa shape index (κ2) is 4.92. The van der Waals surface area contributed by atoms with Gasteiger partial charge < -0.3 is 16.0 Å². The Bertz CT molecular complexity index is 208. The molecule has 13 heavy (non-hydrogen) atoms. The highest BCUT2D eigenvalue weighted by molar-refractivity contribution is 5.13. The van der Waals surface area contributed by atoms with Gasteiger partial charge in [0, 0.05) is 26.2 Å². The second-order valence-electron chi connectivity index (χ2n) is 3.57. The van der Waals surface area contributed by atoms with Crippen molar-refractivity contribution in [2.75, 3.05) is 26.2 Å². The molecule has 1 aliphatic rings. The normalized spacial score (nSPS) is 18.6.